The molecule has 1 atom stereocenters. The Morgan fingerprint density at radius 2 is 1.79 bits per heavy atom. The third-order valence-corrected chi connectivity index (χ3v) is 6.48. The molecule has 3 nitrogen and oxygen atoms in total. The summed E-state index contributed by atoms with van der Waals surface area (Å²) in [5, 5.41) is 3.49. The molecule has 3 rings (SSSR count). The number of benzene rings is 1. The number of halogens is 1. The molecule has 1 heterocycles. The van der Waals surface area contributed by atoms with Gasteiger partial charge in [-0.2, -0.15) is 0 Å². The second kappa shape index (κ2) is 5.19. The Hall–Kier alpha value is -0.390. The summed E-state index contributed by atoms with van der Waals surface area (Å²) < 4.78 is 23.9. The van der Waals surface area contributed by atoms with Crippen molar-refractivity contribution in [3.8, 4) is 0 Å². The summed E-state index contributed by atoms with van der Waals surface area (Å²) in [4.78, 5) is 0. The molecule has 1 N–H and O–H groups in total. The maximum absolute atomic E-state index is 11.4. The highest BCUT2D eigenvalue weighted by molar-refractivity contribution is 9.10. The number of hydrogen-bond acceptors (Lipinski definition) is 3. The summed E-state index contributed by atoms with van der Waals surface area (Å²) >= 11 is 3.45. The van der Waals surface area contributed by atoms with E-state index in [9.17, 15) is 8.42 Å². The first-order valence-electron chi connectivity index (χ1n) is 6.74. The van der Waals surface area contributed by atoms with Gasteiger partial charge in [-0.25, -0.2) is 8.42 Å². The van der Waals surface area contributed by atoms with E-state index in [2.05, 4.69) is 45.5 Å². The molecule has 0 spiro atoms. The van der Waals surface area contributed by atoms with E-state index in [1.807, 2.05) is 0 Å². The quantitative estimate of drug-likeness (QED) is 0.916. The lowest BCUT2D eigenvalue weighted by Gasteiger charge is -2.38. The molecular weight excluding hydrogens is 326 g/mol. The Bertz CT molecular complexity index is 549. The van der Waals surface area contributed by atoms with Gasteiger partial charge < -0.3 is 5.32 Å². The van der Waals surface area contributed by atoms with E-state index >= 15 is 0 Å². The Labute approximate surface area is 122 Å². The molecule has 2 aliphatic rings. The molecule has 0 radical (unpaired) electrons. The van der Waals surface area contributed by atoms with Crippen LogP contribution in [0.15, 0.2) is 28.7 Å². The molecule has 1 aromatic rings. The van der Waals surface area contributed by atoms with Crippen LogP contribution in [0.4, 0.5) is 0 Å². The van der Waals surface area contributed by atoms with E-state index < -0.39 is 9.84 Å². The number of hydrogen-bond donors (Lipinski definition) is 1. The first-order valence-corrected chi connectivity index (χ1v) is 9.35. The van der Waals surface area contributed by atoms with Crippen molar-refractivity contribution in [1.29, 1.82) is 0 Å². The average molecular weight is 344 g/mol. The zero-order valence-corrected chi connectivity index (χ0v) is 13.1. The maximum Gasteiger partial charge on any atom is 0.151 e. The second-order valence-corrected chi connectivity index (χ2v) is 8.83. The van der Waals surface area contributed by atoms with Crippen LogP contribution in [-0.4, -0.2) is 32.0 Å². The zero-order valence-electron chi connectivity index (χ0n) is 10.7. The summed E-state index contributed by atoms with van der Waals surface area (Å²) in [5.74, 6) is 1.31. The minimum absolute atomic E-state index is 0.181. The van der Waals surface area contributed by atoms with Gasteiger partial charge in [-0.1, -0.05) is 28.1 Å². The van der Waals surface area contributed by atoms with E-state index in [4.69, 9.17) is 0 Å². The van der Waals surface area contributed by atoms with E-state index in [1.165, 1.54) is 5.56 Å². The summed E-state index contributed by atoms with van der Waals surface area (Å²) in [5.41, 5.74) is 1.39. The van der Waals surface area contributed by atoms with Crippen LogP contribution in [0, 0.1) is 0 Å². The molecule has 2 fully saturated rings. The Balaban J connectivity index is 1.49. The van der Waals surface area contributed by atoms with E-state index in [0.717, 1.165) is 23.7 Å². The van der Waals surface area contributed by atoms with Gasteiger partial charge in [0.05, 0.1) is 11.5 Å². The lowest BCUT2D eigenvalue weighted by molar-refractivity contribution is 0.271. The van der Waals surface area contributed by atoms with E-state index in [0.29, 0.717) is 23.5 Å². The summed E-state index contributed by atoms with van der Waals surface area (Å²) in [6, 6.07) is 9.18. The lowest BCUT2D eigenvalue weighted by atomic mass is 9.75. The van der Waals surface area contributed by atoms with Crippen molar-refractivity contribution in [1.82, 2.24) is 5.32 Å². The lowest BCUT2D eigenvalue weighted by Crippen LogP contribution is -2.46. The maximum atomic E-state index is 11.4. The molecule has 5 heteroatoms. The molecule has 19 heavy (non-hydrogen) atoms. The van der Waals surface area contributed by atoms with Crippen LogP contribution < -0.4 is 5.32 Å². The third-order valence-electron chi connectivity index (χ3n) is 4.18. The highest BCUT2D eigenvalue weighted by Gasteiger charge is 2.35. The van der Waals surface area contributed by atoms with Gasteiger partial charge in [0.25, 0.3) is 0 Å². The largest absolute Gasteiger partial charge is 0.310 e. The highest BCUT2D eigenvalue weighted by Crippen LogP contribution is 2.37. The van der Waals surface area contributed by atoms with Gasteiger partial charge in [0.15, 0.2) is 9.84 Å². The highest BCUT2D eigenvalue weighted by atomic mass is 79.9. The summed E-state index contributed by atoms with van der Waals surface area (Å²) in [6.07, 6.45) is 3.03. The molecule has 0 unspecified atom stereocenters. The van der Waals surface area contributed by atoms with Gasteiger partial charge in [-0.3, -0.25) is 0 Å². The predicted octanol–water partition coefficient (Wildman–Crippen LogP) is 2.47. The molecule has 0 aromatic heterocycles. The van der Waals surface area contributed by atoms with Gasteiger partial charge in [0.2, 0.25) is 0 Å². The Kier molecular flexibility index (Phi) is 3.71. The van der Waals surface area contributed by atoms with Crippen molar-refractivity contribution >= 4 is 25.8 Å². The van der Waals surface area contributed by atoms with E-state index in [1.54, 1.807) is 0 Å². The van der Waals surface area contributed by atoms with Crippen LogP contribution >= 0.6 is 15.9 Å². The number of nitrogens with one attached hydrogen (secondary N) is 1. The van der Waals surface area contributed by atoms with Crippen molar-refractivity contribution in [3.63, 3.8) is 0 Å². The van der Waals surface area contributed by atoms with Crippen molar-refractivity contribution in [2.75, 3.05) is 11.5 Å². The smallest absolute Gasteiger partial charge is 0.151 e. The van der Waals surface area contributed by atoms with Crippen LogP contribution in [-0.2, 0) is 9.84 Å². The van der Waals surface area contributed by atoms with Crippen LogP contribution in [0.25, 0.3) is 0 Å². The predicted molar refractivity (Wildman–Crippen MR) is 80.1 cm³/mol. The zero-order chi connectivity index (χ0) is 13.5. The van der Waals surface area contributed by atoms with Crippen molar-refractivity contribution in [3.05, 3.63) is 34.3 Å². The molecule has 0 bridgehead atoms. The fraction of sp³-hybridized carbons (Fsp3) is 0.571. The van der Waals surface area contributed by atoms with Crippen molar-refractivity contribution in [2.24, 2.45) is 0 Å². The molecule has 1 saturated heterocycles. The first kappa shape index (κ1) is 13.6. The molecular formula is C14H18BrNO2S. The summed E-state index contributed by atoms with van der Waals surface area (Å²) in [6.45, 7) is 0. The van der Waals surface area contributed by atoms with Crippen molar-refractivity contribution in [2.45, 2.75) is 37.3 Å². The minimum atomic E-state index is -2.76. The van der Waals surface area contributed by atoms with Crippen LogP contribution in [0.3, 0.4) is 0 Å². The molecule has 104 valence electrons. The molecule has 1 aliphatic carbocycles. The number of rotatable bonds is 3. The Morgan fingerprint density at radius 1 is 1.11 bits per heavy atom. The minimum Gasteiger partial charge on any atom is -0.310 e. The van der Waals surface area contributed by atoms with Crippen LogP contribution in [0.2, 0.25) is 0 Å². The molecule has 1 aliphatic heterocycles. The monoisotopic (exact) mass is 343 g/mol. The van der Waals surface area contributed by atoms with Gasteiger partial charge in [-0.05, 0) is 42.9 Å². The van der Waals surface area contributed by atoms with Crippen molar-refractivity contribution < 1.29 is 8.42 Å². The first-order chi connectivity index (χ1) is 9.02. The second-order valence-electron chi connectivity index (χ2n) is 5.68. The third kappa shape index (κ3) is 3.20. The van der Waals surface area contributed by atoms with Gasteiger partial charge >= 0.3 is 0 Å². The average Bonchev–Trinajstić information content (AvgIpc) is 2.64. The molecule has 1 aromatic carbocycles. The fourth-order valence-corrected chi connectivity index (χ4v) is 4.97. The van der Waals surface area contributed by atoms with E-state index in [-0.39, 0.29) is 6.04 Å². The number of sulfone groups is 1. The Morgan fingerprint density at radius 3 is 2.37 bits per heavy atom. The normalized spacial score (nSPS) is 33.0. The molecule has 0 amide bonds. The van der Waals surface area contributed by atoms with Gasteiger partial charge in [-0.15, -0.1) is 0 Å². The van der Waals surface area contributed by atoms with Crippen LogP contribution in [0.1, 0.15) is 30.7 Å². The molecule has 1 saturated carbocycles. The topological polar surface area (TPSA) is 46.2 Å². The fourth-order valence-electron chi connectivity index (χ4n) is 3.02. The standard InChI is InChI=1S/C14H18BrNO2S/c15-12-3-1-10(2-4-12)11-7-14(8-11)16-13-5-6-19(17,18)9-13/h1-4,11,13-14,16H,5-9H2/t11?,13-,14?/m1/s1. The SMILES string of the molecule is O=S1(=O)CC[C@@H](NC2CC(c3ccc(Br)cc3)C2)C1. The van der Waals surface area contributed by atoms with Gasteiger partial charge in [0.1, 0.15) is 0 Å². The summed E-state index contributed by atoms with van der Waals surface area (Å²) in [7, 11) is -2.76. The van der Waals surface area contributed by atoms with Crippen LogP contribution in [0.5, 0.6) is 0 Å². The van der Waals surface area contributed by atoms with Gasteiger partial charge in [0, 0.05) is 16.6 Å².